The summed E-state index contributed by atoms with van der Waals surface area (Å²) in [7, 11) is -3.94. The van der Waals surface area contributed by atoms with Crippen molar-refractivity contribution < 1.29 is 32.4 Å². The summed E-state index contributed by atoms with van der Waals surface area (Å²) in [6, 6.07) is 9.62. The van der Waals surface area contributed by atoms with Crippen molar-refractivity contribution in [3.05, 3.63) is 69.4 Å². The molecule has 2 bridgehead atoms. The summed E-state index contributed by atoms with van der Waals surface area (Å²) in [6.45, 7) is 0. The lowest BCUT2D eigenvalue weighted by Gasteiger charge is -2.37. The summed E-state index contributed by atoms with van der Waals surface area (Å²) in [5.41, 5.74) is 0.744. The van der Waals surface area contributed by atoms with Gasteiger partial charge in [-0.25, -0.2) is 18.0 Å². The summed E-state index contributed by atoms with van der Waals surface area (Å²) in [4.78, 5) is 24.9. The maximum atomic E-state index is 13.6. The number of carboxylic acid groups (broad SMARTS) is 1. The second-order valence-corrected chi connectivity index (χ2v) is 12.9. The molecule has 204 valence electrons. The van der Waals surface area contributed by atoms with Crippen LogP contribution in [-0.2, 0) is 14.8 Å². The van der Waals surface area contributed by atoms with E-state index in [1.165, 1.54) is 28.6 Å². The summed E-state index contributed by atoms with van der Waals surface area (Å²) >= 11 is 12.8. The molecule has 1 aliphatic carbocycles. The first-order valence-electron chi connectivity index (χ1n) is 12.7. The zero-order valence-electron chi connectivity index (χ0n) is 20.5. The van der Waals surface area contributed by atoms with Gasteiger partial charge < -0.3 is 14.4 Å². The van der Waals surface area contributed by atoms with E-state index >= 15 is 0 Å². The number of hydrogen-bond donors (Lipinski definition) is 1. The van der Waals surface area contributed by atoms with Gasteiger partial charge in [0.25, 0.3) is 0 Å². The fourth-order valence-corrected chi connectivity index (χ4v) is 8.23. The van der Waals surface area contributed by atoms with E-state index in [1.54, 1.807) is 18.2 Å². The highest BCUT2D eigenvalue weighted by Gasteiger charge is 2.49. The van der Waals surface area contributed by atoms with Crippen LogP contribution < -0.4 is 0 Å². The predicted molar refractivity (Wildman–Crippen MR) is 142 cm³/mol. The minimum absolute atomic E-state index is 0.0606. The van der Waals surface area contributed by atoms with Crippen LogP contribution in [0.1, 0.15) is 70.9 Å². The highest BCUT2D eigenvalue weighted by Crippen LogP contribution is 2.47. The second-order valence-electron chi connectivity index (χ2n) is 10.2. The van der Waals surface area contributed by atoms with Crippen LogP contribution in [0.25, 0.3) is 11.3 Å². The van der Waals surface area contributed by atoms with Gasteiger partial charge in [-0.15, -0.1) is 0 Å². The van der Waals surface area contributed by atoms with Crippen LogP contribution in [0, 0.1) is 0 Å². The van der Waals surface area contributed by atoms with Gasteiger partial charge in [0, 0.05) is 36.4 Å². The number of sulfonamides is 1. The number of rotatable bonds is 7. The number of benzene rings is 2. The minimum Gasteiger partial charge on any atom is -0.478 e. The zero-order chi connectivity index (χ0) is 27.5. The first kappa shape index (κ1) is 26.3. The van der Waals surface area contributed by atoms with E-state index in [2.05, 4.69) is 5.16 Å². The Labute approximate surface area is 234 Å². The molecule has 1 N–H and O–H groups in total. The summed E-state index contributed by atoms with van der Waals surface area (Å²) in [5, 5.41) is 14.1. The van der Waals surface area contributed by atoms with Gasteiger partial charge in [-0.2, -0.15) is 4.31 Å². The van der Waals surface area contributed by atoms with Gasteiger partial charge in [-0.3, -0.25) is 0 Å². The van der Waals surface area contributed by atoms with Crippen LogP contribution in [0.4, 0.5) is 0 Å². The third-order valence-corrected chi connectivity index (χ3v) is 10.3. The molecule has 1 saturated carbocycles. The topological polar surface area (TPSA) is 127 Å². The van der Waals surface area contributed by atoms with Crippen LogP contribution in [0.5, 0.6) is 0 Å². The number of fused-ring (bicyclic) bond motifs is 2. The molecule has 6 rings (SSSR count). The summed E-state index contributed by atoms with van der Waals surface area (Å²) < 4.78 is 40.0. The molecule has 2 aromatic carbocycles. The molecule has 2 aliphatic heterocycles. The van der Waals surface area contributed by atoms with Gasteiger partial charge in [0.15, 0.2) is 5.76 Å². The molecular weight excluding hydrogens is 567 g/mol. The molecule has 3 aromatic rings. The molecule has 0 radical (unpaired) electrons. The summed E-state index contributed by atoms with van der Waals surface area (Å²) in [6.07, 6.45) is 3.13. The van der Waals surface area contributed by atoms with E-state index < -0.39 is 28.1 Å². The Kier molecular flexibility index (Phi) is 6.69. The molecule has 3 fully saturated rings. The standard InChI is InChI=1S/C27H24Cl2N2O7S/c28-20-5-2-6-21(29)22(20)24-23(25(38-30-24)14-7-8-14)27(34)37-18-12-16-9-10-17(13-18)31(16)39(35,36)19-4-1-3-15(11-19)26(32)33/h1-6,11,14,16-18H,7-10,12-13H2,(H,32,33)/t16-,17+,18-. The maximum absolute atomic E-state index is 13.6. The number of piperidine rings is 1. The van der Waals surface area contributed by atoms with E-state index in [1.807, 2.05) is 0 Å². The Bertz CT molecular complexity index is 1550. The van der Waals surface area contributed by atoms with Crippen molar-refractivity contribution in [2.45, 2.75) is 67.5 Å². The second kappa shape index (κ2) is 9.92. The molecule has 2 saturated heterocycles. The van der Waals surface area contributed by atoms with Crippen LogP contribution in [-0.4, -0.2) is 53.1 Å². The normalized spacial score (nSPS) is 23.1. The molecule has 0 unspecified atom stereocenters. The number of aromatic carboxylic acids is 1. The fourth-order valence-electron chi connectivity index (χ4n) is 5.71. The molecule has 39 heavy (non-hydrogen) atoms. The molecule has 0 amide bonds. The highest BCUT2D eigenvalue weighted by atomic mass is 35.5. The molecule has 12 heteroatoms. The SMILES string of the molecule is O=C(O)c1cccc(S(=O)(=O)N2[C@@H]3CC[C@H]2C[C@H](OC(=O)c2c(-c4c(Cl)cccc4Cl)noc2C2CC2)C3)c1. The molecule has 3 aliphatic rings. The van der Waals surface area contributed by atoms with Gasteiger partial charge in [-0.05, 0) is 56.0 Å². The Morgan fingerprint density at radius 1 is 1.00 bits per heavy atom. The number of carbonyl (C=O) groups excluding carboxylic acids is 1. The van der Waals surface area contributed by atoms with Crippen molar-refractivity contribution in [3.8, 4) is 11.3 Å². The monoisotopic (exact) mass is 590 g/mol. The fraction of sp³-hybridized carbons (Fsp3) is 0.370. The molecule has 9 nitrogen and oxygen atoms in total. The molecule has 3 heterocycles. The number of aromatic nitrogens is 1. The Morgan fingerprint density at radius 2 is 1.64 bits per heavy atom. The third kappa shape index (κ3) is 4.73. The Balaban J connectivity index is 1.25. The zero-order valence-corrected chi connectivity index (χ0v) is 22.9. The van der Waals surface area contributed by atoms with E-state index in [4.69, 9.17) is 32.5 Å². The van der Waals surface area contributed by atoms with Crippen molar-refractivity contribution in [1.82, 2.24) is 9.46 Å². The first-order valence-corrected chi connectivity index (χ1v) is 14.9. The van der Waals surface area contributed by atoms with Crippen molar-refractivity contribution in [1.29, 1.82) is 0 Å². The van der Waals surface area contributed by atoms with Gasteiger partial charge in [0.2, 0.25) is 10.0 Å². The molecule has 0 spiro atoms. The van der Waals surface area contributed by atoms with E-state index in [0.29, 0.717) is 47.1 Å². The number of halogens is 2. The van der Waals surface area contributed by atoms with Crippen molar-refractivity contribution in [3.63, 3.8) is 0 Å². The van der Waals surface area contributed by atoms with Crippen LogP contribution in [0.15, 0.2) is 51.9 Å². The highest BCUT2D eigenvalue weighted by molar-refractivity contribution is 7.89. The predicted octanol–water partition coefficient (Wildman–Crippen LogP) is 5.77. The van der Waals surface area contributed by atoms with Gasteiger partial charge >= 0.3 is 11.9 Å². The first-order chi connectivity index (χ1) is 18.6. The average Bonchev–Trinajstić information content (AvgIpc) is 3.58. The number of ether oxygens (including phenoxy) is 1. The summed E-state index contributed by atoms with van der Waals surface area (Å²) in [5.74, 6) is -1.27. The van der Waals surface area contributed by atoms with Crippen LogP contribution >= 0.6 is 23.2 Å². The van der Waals surface area contributed by atoms with E-state index in [0.717, 1.165) is 12.8 Å². The Hall–Kier alpha value is -2.92. The maximum Gasteiger partial charge on any atom is 0.344 e. The van der Waals surface area contributed by atoms with Gasteiger partial charge in [0.05, 0.1) is 20.5 Å². The lowest BCUT2D eigenvalue weighted by molar-refractivity contribution is 0.00824. The van der Waals surface area contributed by atoms with Gasteiger partial charge in [0.1, 0.15) is 17.4 Å². The van der Waals surface area contributed by atoms with Crippen LogP contribution in [0.2, 0.25) is 10.0 Å². The number of carbonyl (C=O) groups is 2. The number of hydrogen-bond acceptors (Lipinski definition) is 7. The van der Waals surface area contributed by atoms with Crippen molar-refractivity contribution in [2.75, 3.05) is 0 Å². The third-order valence-electron chi connectivity index (χ3n) is 7.62. The average molecular weight is 591 g/mol. The molecule has 3 atom stereocenters. The number of esters is 1. The lowest BCUT2D eigenvalue weighted by atomic mass is 10.0. The van der Waals surface area contributed by atoms with Gasteiger partial charge in [-0.1, -0.05) is 40.5 Å². The molecular formula is C27H24Cl2N2O7S. The largest absolute Gasteiger partial charge is 0.478 e. The number of nitrogens with zero attached hydrogens (tertiary/aromatic N) is 2. The lowest BCUT2D eigenvalue weighted by Crippen LogP contribution is -2.48. The van der Waals surface area contributed by atoms with E-state index in [-0.39, 0.29) is 39.7 Å². The number of carboxylic acids is 1. The minimum atomic E-state index is -3.94. The van der Waals surface area contributed by atoms with Crippen molar-refractivity contribution >= 4 is 45.2 Å². The Morgan fingerprint density at radius 3 is 2.26 bits per heavy atom. The smallest absolute Gasteiger partial charge is 0.344 e. The quantitative estimate of drug-likeness (QED) is 0.344. The molecule has 1 aromatic heterocycles. The van der Waals surface area contributed by atoms with E-state index in [9.17, 15) is 23.1 Å². The van der Waals surface area contributed by atoms with Crippen LogP contribution in [0.3, 0.4) is 0 Å². The van der Waals surface area contributed by atoms with Crippen molar-refractivity contribution in [2.24, 2.45) is 0 Å².